The Morgan fingerprint density at radius 3 is 2.73 bits per heavy atom. The number of anilines is 2. The van der Waals surface area contributed by atoms with Crippen molar-refractivity contribution in [2.24, 2.45) is 0 Å². The normalized spacial score (nSPS) is 22.9. The molecule has 2 aliphatic heterocycles. The van der Waals surface area contributed by atoms with Crippen molar-refractivity contribution in [3.63, 3.8) is 0 Å². The van der Waals surface area contributed by atoms with Crippen LogP contribution in [0.2, 0.25) is 0 Å². The van der Waals surface area contributed by atoms with Crippen LogP contribution in [0.25, 0.3) is 0 Å². The van der Waals surface area contributed by atoms with Gasteiger partial charge >= 0.3 is 0 Å². The lowest BCUT2D eigenvalue weighted by molar-refractivity contribution is -0.0614. The van der Waals surface area contributed by atoms with Crippen LogP contribution < -0.4 is 15.4 Å². The van der Waals surface area contributed by atoms with Gasteiger partial charge in [0, 0.05) is 43.5 Å². The molecule has 0 bridgehead atoms. The summed E-state index contributed by atoms with van der Waals surface area (Å²) in [6, 6.07) is 14.1. The minimum absolute atomic E-state index is 0.0913. The van der Waals surface area contributed by atoms with Crippen LogP contribution in [0.3, 0.4) is 0 Å². The molecule has 162 valence electrons. The summed E-state index contributed by atoms with van der Waals surface area (Å²) in [5.41, 5.74) is 1.76. The van der Waals surface area contributed by atoms with Gasteiger partial charge in [0.25, 0.3) is 12.0 Å². The van der Waals surface area contributed by atoms with Gasteiger partial charge in [-0.15, -0.1) is 0 Å². The van der Waals surface area contributed by atoms with E-state index >= 15 is 0 Å². The summed E-state index contributed by atoms with van der Waals surface area (Å²) >= 11 is 0. The number of H-pyrrole nitrogens is 1. The van der Waals surface area contributed by atoms with Gasteiger partial charge in [-0.05, 0) is 24.8 Å². The lowest BCUT2D eigenvalue weighted by atomic mass is 10.0. The molecule has 2 aromatic rings. The van der Waals surface area contributed by atoms with Crippen molar-refractivity contribution in [1.82, 2.24) is 4.98 Å². The van der Waals surface area contributed by atoms with Gasteiger partial charge in [-0.3, -0.25) is 4.79 Å². The van der Waals surface area contributed by atoms with Crippen molar-refractivity contribution in [3.05, 3.63) is 58.4 Å². The maximum absolute atomic E-state index is 13.1. The summed E-state index contributed by atoms with van der Waals surface area (Å²) in [7, 11) is 0. The van der Waals surface area contributed by atoms with Gasteiger partial charge < -0.3 is 19.5 Å². The van der Waals surface area contributed by atoms with E-state index in [0.29, 0.717) is 18.3 Å². The zero-order chi connectivity index (χ0) is 20.9. The Morgan fingerprint density at radius 2 is 1.93 bits per heavy atom. The third kappa shape index (κ3) is 5.01. The van der Waals surface area contributed by atoms with Crippen molar-refractivity contribution in [2.75, 3.05) is 36.0 Å². The fourth-order valence-electron chi connectivity index (χ4n) is 4.51. The first-order valence-corrected chi connectivity index (χ1v) is 10.8. The number of aromatic nitrogens is 1. The maximum atomic E-state index is 13.1. The van der Waals surface area contributed by atoms with E-state index in [1.165, 1.54) is 18.1 Å². The molecule has 2 saturated heterocycles. The van der Waals surface area contributed by atoms with Gasteiger partial charge in [0.2, 0.25) is 0 Å². The summed E-state index contributed by atoms with van der Waals surface area (Å²) < 4.78 is 31.4. The highest BCUT2D eigenvalue weighted by Gasteiger charge is 2.29. The number of morpholine rings is 1. The van der Waals surface area contributed by atoms with E-state index in [-0.39, 0.29) is 18.7 Å². The van der Waals surface area contributed by atoms with Gasteiger partial charge in [-0.1, -0.05) is 43.2 Å². The molecule has 3 heterocycles. The predicted molar refractivity (Wildman–Crippen MR) is 115 cm³/mol. The second-order valence-electron chi connectivity index (χ2n) is 8.16. The van der Waals surface area contributed by atoms with Crippen LogP contribution in [-0.4, -0.2) is 49.8 Å². The van der Waals surface area contributed by atoms with Crippen LogP contribution in [0.1, 0.15) is 31.2 Å². The van der Waals surface area contributed by atoms with E-state index in [0.717, 1.165) is 38.0 Å². The first-order chi connectivity index (χ1) is 14.6. The van der Waals surface area contributed by atoms with Gasteiger partial charge in [0.15, 0.2) is 0 Å². The number of nitrogens with one attached hydrogen (secondary N) is 1. The molecule has 0 radical (unpaired) electrons. The number of ether oxygens (including phenoxy) is 1. The third-order valence-corrected chi connectivity index (χ3v) is 6.06. The Morgan fingerprint density at radius 1 is 1.10 bits per heavy atom. The fourth-order valence-corrected chi connectivity index (χ4v) is 4.51. The number of alkyl halides is 2. The Balaban J connectivity index is 1.60. The van der Waals surface area contributed by atoms with Crippen LogP contribution >= 0.6 is 0 Å². The van der Waals surface area contributed by atoms with Crippen molar-refractivity contribution >= 4 is 11.5 Å². The second-order valence-corrected chi connectivity index (χ2v) is 8.16. The maximum Gasteiger partial charge on any atom is 0.266 e. The molecule has 0 aliphatic carbocycles. The van der Waals surface area contributed by atoms with E-state index in [9.17, 15) is 13.6 Å². The molecule has 0 spiro atoms. The number of aromatic amines is 1. The Labute approximate surface area is 175 Å². The number of hydrogen-bond donors (Lipinski definition) is 1. The predicted octanol–water partition coefficient (Wildman–Crippen LogP) is 3.84. The van der Waals surface area contributed by atoms with Crippen LogP contribution in [0.5, 0.6) is 0 Å². The minimum atomic E-state index is -2.53. The standard InChI is InChI=1S/C23H29F2N3O2/c24-23(25)20-16-27(11-12-30-20)19-14-21(26-22(29)15-19)28-10-6-2-5-9-18(28)13-17-7-3-1-4-8-17/h1,3-4,7-8,14-15,18,20,23H,2,5-6,9-13,16H2,(H,26,29)/t18-,20-/m0/s1. The summed E-state index contributed by atoms with van der Waals surface area (Å²) in [6.45, 7) is 1.70. The summed E-state index contributed by atoms with van der Waals surface area (Å²) in [4.78, 5) is 19.6. The average molecular weight is 418 g/mol. The van der Waals surface area contributed by atoms with Crippen LogP contribution in [0.15, 0.2) is 47.3 Å². The number of benzene rings is 1. The smallest absolute Gasteiger partial charge is 0.266 e. The quantitative estimate of drug-likeness (QED) is 0.803. The zero-order valence-electron chi connectivity index (χ0n) is 17.1. The first-order valence-electron chi connectivity index (χ1n) is 10.8. The van der Waals surface area contributed by atoms with E-state index < -0.39 is 12.5 Å². The van der Waals surface area contributed by atoms with Crippen molar-refractivity contribution in [2.45, 2.75) is 50.7 Å². The highest BCUT2D eigenvalue weighted by atomic mass is 19.3. The largest absolute Gasteiger partial charge is 0.369 e. The Bertz CT molecular complexity index is 874. The molecule has 4 rings (SSSR count). The van der Waals surface area contributed by atoms with Gasteiger partial charge in [0.1, 0.15) is 11.9 Å². The molecule has 1 N–H and O–H groups in total. The zero-order valence-corrected chi connectivity index (χ0v) is 17.1. The molecular weight excluding hydrogens is 388 g/mol. The molecule has 7 heteroatoms. The first kappa shape index (κ1) is 20.8. The highest BCUT2D eigenvalue weighted by Crippen LogP contribution is 2.28. The number of halogens is 2. The van der Waals surface area contributed by atoms with Crippen molar-refractivity contribution in [1.29, 1.82) is 0 Å². The Kier molecular flexibility index (Phi) is 6.67. The molecule has 2 fully saturated rings. The van der Waals surface area contributed by atoms with Crippen molar-refractivity contribution < 1.29 is 13.5 Å². The molecule has 0 saturated carbocycles. The highest BCUT2D eigenvalue weighted by molar-refractivity contribution is 5.56. The van der Waals surface area contributed by atoms with Crippen molar-refractivity contribution in [3.8, 4) is 0 Å². The Hall–Kier alpha value is -2.41. The average Bonchev–Trinajstić information content (AvgIpc) is 2.99. The molecule has 1 aromatic heterocycles. The molecular formula is C23H29F2N3O2. The van der Waals surface area contributed by atoms with Crippen LogP contribution in [0.4, 0.5) is 20.3 Å². The number of hydrogen-bond acceptors (Lipinski definition) is 4. The van der Waals surface area contributed by atoms with E-state index in [1.807, 2.05) is 17.0 Å². The lowest BCUT2D eigenvalue weighted by Crippen LogP contribution is -2.46. The number of rotatable bonds is 5. The van der Waals surface area contributed by atoms with Gasteiger partial charge in [-0.2, -0.15) is 0 Å². The van der Waals surface area contributed by atoms with E-state index in [4.69, 9.17) is 4.74 Å². The molecule has 1 aromatic carbocycles. The molecule has 5 nitrogen and oxygen atoms in total. The second kappa shape index (κ2) is 9.60. The third-order valence-electron chi connectivity index (χ3n) is 6.06. The summed E-state index contributed by atoms with van der Waals surface area (Å²) in [5.74, 6) is 0.778. The summed E-state index contributed by atoms with van der Waals surface area (Å²) in [6.07, 6.45) is 1.73. The molecule has 2 aliphatic rings. The number of pyridine rings is 1. The van der Waals surface area contributed by atoms with Crippen LogP contribution in [-0.2, 0) is 11.2 Å². The minimum Gasteiger partial charge on any atom is -0.369 e. The van der Waals surface area contributed by atoms with E-state index in [2.05, 4.69) is 34.1 Å². The SMILES string of the molecule is O=c1cc(N2CCO[C@H](C(F)F)C2)cc(N2CCCCC[C@H]2Cc2ccccc2)[nH]1. The van der Waals surface area contributed by atoms with E-state index in [1.54, 1.807) is 0 Å². The molecule has 2 atom stereocenters. The molecule has 0 unspecified atom stereocenters. The summed E-state index contributed by atoms with van der Waals surface area (Å²) in [5, 5.41) is 0. The lowest BCUT2D eigenvalue weighted by Gasteiger charge is -2.36. The monoisotopic (exact) mass is 417 g/mol. The fraction of sp³-hybridized carbons (Fsp3) is 0.522. The topological polar surface area (TPSA) is 48.6 Å². The van der Waals surface area contributed by atoms with Gasteiger partial charge in [-0.25, -0.2) is 8.78 Å². The molecule has 0 amide bonds. The molecule has 30 heavy (non-hydrogen) atoms. The van der Waals surface area contributed by atoms with Gasteiger partial charge in [0.05, 0.1) is 6.61 Å². The number of nitrogens with zero attached hydrogens (tertiary/aromatic N) is 2. The van der Waals surface area contributed by atoms with Crippen LogP contribution in [0, 0.1) is 0 Å².